The van der Waals surface area contributed by atoms with E-state index in [2.05, 4.69) is 14.9 Å². The van der Waals surface area contributed by atoms with E-state index >= 15 is 0 Å². The van der Waals surface area contributed by atoms with Gasteiger partial charge in [-0.15, -0.1) is 0 Å². The molecule has 0 fully saturated rings. The molecule has 6 nitrogen and oxygen atoms in total. The molecule has 0 saturated heterocycles. The number of pyridine rings is 1. The molecule has 0 unspecified atom stereocenters. The highest BCUT2D eigenvalue weighted by atomic mass is 16.5. The molecule has 2 rings (SSSR count). The summed E-state index contributed by atoms with van der Waals surface area (Å²) in [7, 11) is 1.31. The fourth-order valence-electron chi connectivity index (χ4n) is 1.19. The predicted octanol–water partition coefficient (Wildman–Crippen LogP) is 1.11. The second-order valence-electron chi connectivity index (χ2n) is 3.04. The van der Waals surface area contributed by atoms with Crippen LogP contribution in [0.15, 0.2) is 28.9 Å². The Bertz CT molecular complexity index is 504. The Labute approximate surface area is 91.0 Å². The minimum absolute atomic E-state index is 0.217. The first-order valence-corrected chi connectivity index (χ1v) is 4.47. The van der Waals surface area contributed by atoms with E-state index in [9.17, 15) is 4.79 Å². The summed E-state index contributed by atoms with van der Waals surface area (Å²) in [6, 6.07) is 4.79. The topological polar surface area (TPSA) is 91.2 Å². The van der Waals surface area contributed by atoms with Gasteiger partial charge in [-0.1, -0.05) is 5.16 Å². The number of nitrogens with two attached hydrogens (primary N) is 1. The fourth-order valence-corrected chi connectivity index (χ4v) is 1.19. The van der Waals surface area contributed by atoms with Crippen molar-refractivity contribution in [2.75, 3.05) is 12.8 Å². The van der Waals surface area contributed by atoms with Gasteiger partial charge in [0.25, 0.3) is 0 Å². The number of nitrogen functional groups attached to an aromatic ring is 1. The van der Waals surface area contributed by atoms with Gasteiger partial charge in [0.1, 0.15) is 5.69 Å². The van der Waals surface area contributed by atoms with Gasteiger partial charge in [0.2, 0.25) is 5.88 Å². The molecule has 0 saturated carbocycles. The molecule has 2 heterocycles. The summed E-state index contributed by atoms with van der Waals surface area (Å²) in [5.41, 5.74) is 6.86. The van der Waals surface area contributed by atoms with Gasteiger partial charge in [-0.05, 0) is 12.1 Å². The van der Waals surface area contributed by atoms with Crippen LogP contribution in [-0.2, 0) is 4.74 Å². The minimum Gasteiger partial charge on any atom is -0.465 e. The number of rotatable bonds is 2. The SMILES string of the molecule is COC(=O)c1ccc(-c2cc(N)on2)nc1. The molecule has 0 atom stereocenters. The Balaban J connectivity index is 2.29. The van der Waals surface area contributed by atoms with Crippen LogP contribution in [0.2, 0.25) is 0 Å². The summed E-state index contributed by atoms with van der Waals surface area (Å²) < 4.78 is 9.27. The van der Waals surface area contributed by atoms with Crippen LogP contribution in [0.4, 0.5) is 5.88 Å². The number of nitrogens with zero attached hydrogens (tertiary/aromatic N) is 2. The second-order valence-corrected chi connectivity index (χ2v) is 3.04. The lowest BCUT2D eigenvalue weighted by Gasteiger charge is -1.98. The number of hydrogen-bond acceptors (Lipinski definition) is 6. The highest BCUT2D eigenvalue weighted by Crippen LogP contribution is 2.17. The number of carbonyl (C=O) groups is 1. The van der Waals surface area contributed by atoms with E-state index in [1.165, 1.54) is 13.3 Å². The highest BCUT2D eigenvalue weighted by Gasteiger charge is 2.08. The minimum atomic E-state index is -0.432. The average molecular weight is 219 g/mol. The molecule has 0 aliphatic heterocycles. The standard InChI is InChI=1S/C10H9N3O3/c1-15-10(14)6-2-3-7(12-5-6)8-4-9(11)16-13-8/h2-5H,11H2,1H3. The van der Waals surface area contributed by atoms with Gasteiger partial charge < -0.3 is 15.0 Å². The Hall–Kier alpha value is -2.37. The van der Waals surface area contributed by atoms with E-state index in [1.807, 2.05) is 0 Å². The lowest BCUT2D eigenvalue weighted by Crippen LogP contribution is -2.01. The third-order valence-electron chi connectivity index (χ3n) is 1.98. The van der Waals surface area contributed by atoms with Crippen LogP contribution >= 0.6 is 0 Å². The Morgan fingerprint density at radius 3 is 2.75 bits per heavy atom. The molecule has 0 aliphatic rings. The monoisotopic (exact) mass is 219 g/mol. The van der Waals surface area contributed by atoms with Crippen molar-refractivity contribution in [2.24, 2.45) is 0 Å². The molecule has 2 aromatic heterocycles. The first-order valence-electron chi connectivity index (χ1n) is 4.47. The maximum Gasteiger partial charge on any atom is 0.339 e. The summed E-state index contributed by atoms with van der Waals surface area (Å²) >= 11 is 0. The van der Waals surface area contributed by atoms with Crippen LogP contribution in [-0.4, -0.2) is 23.2 Å². The normalized spacial score (nSPS) is 10.1. The van der Waals surface area contributed by atoms with Crippen LogP contribution in [0.3, 0.4) is 0 Å². The largest absolute Gasteiger partial charge is 0.465 e. The summed E-state index contributed by atoms with van der Waals surface area (Å²) in [5, 5.41) is 3.70. The van der Waals surface area contributed by atoms with E-state index in [0.717, 1.165) is 0 Å². The molecule has 0 amide bonds. The molecule has 0 spiro atoms. The van der Waals surface area contributed by atoms with Crippen molar-refractivity contribution >= 4 is 11.9 Å². The van der Waals surface area contributed by atoms with Crippen LogP contribution < -0.4 is 5.73 Å². The van der Waals surface area contributed by atoms with Gasteiger partial charge in [0.15, 0.2) is 0 Å². The highest BCUT2D eigenvalue weighted by molar-refractivity contribution is 5.89. The van der Waals surface area contributed by atoms with Crippen molar-refractivity contribution in [2.45, 2.75) is 0 Å². The molecule has 0 aliphatic carbocycles. The maximum absolute atomic E-state index is 11.1. The van der Waals surface area contributed by atoms with Crippen molar-refractivity contribution in [1.82, 2.24) is 10.1 Å². The molecule has 2 N–H and O–H groups in total. The zero-order chi connectivity index (χ0) is 11.5. The number of ether oxygens (including phenoxy) is 1. The van der Waals surface area contributed by atoms with Crippen LogP contribution in [0.25, 0.3) is 11.4 Å². The van der Waals surface area contributed by atoms with Crippen LogP contribution in [0, 0.1) is 0 Å². The quantitative estimate of drug-likeness (QED) is 0.760. The smallest absolute Gasteiger partial charge is 0.339 e. The van der Waals surface area contributed by atoms with E-state index < -0.39 is 5.97 Å². The van der Waals surface area contributed by atoms with Gasteiger partial charge in [-0.3, -0.25) is 4.98 Å². The molecular weight excluding hydrogens is 210 g/mol. The summed E-state index contributed by atoms with van der Waals surface area (Å²) in [6.07, 6.45) is 1.41. The number of aromatic nitrogens is 2. The number of esters is 1. The first kappa shape index (κ1) is 10.2. The van der Waals surface area contributed by atoms with E-state index in [-0.39, 0.29) is 5.88 Å². The number of hydrogen-bond donors (Lipinski definition) is 1. The summed E-state index contributed by atoms with van der Waals surface area (Å²) in [4.78, 5) is 15.2. The third-order valence-corrected chi connectivity index (χ3v) is 1.98. The number of carbonyl (C=O) groups excluding carboxylic acids is 1. The predicted molar refractivity (Wildman–Crippen MR) is 55.5 cm³/mol. The molecular formula is C10H9N3O3. The second kappa shape index (κ2) is 4.01. The maximum atomic E-state index is 11.1. The van der Waals surface area contributed by atoms with Crippen LogP contribution in [0.1, 0.15) is 10.4 Å². The van der Waals surface area contributed by atoms with Gasteiger partial charge in [-0.2, -0.15) is 0 Å². The molecule has 0 radical (unpaired) electrons. The molecule has 0 aromatic carbocycles. The average Bonchev–Trinajstić information content (AvgIpc) is 2.75. The van der Waals surface area contributed by atoms with Gasteiger partial charge >= 0.3 is 5.97 Å². The van der Waals surface area contributed by atoms with Crippen molar-refractivity contribution in [1.29, 1.82) is 0 Å². The van der Waals surface area contributed by atoms with Gasteiger partial charge in [0, 0.05) is 12.3 Å². The third kappa shape index (κ3) is 1.85. The van der Waals surface area contributed by atoms with Gasteiger partial charge in [0.05, 0.1) is 18.4 Å². The number of methoxy groups -OCH3 is 1. The molecule has 82 valence electrons. The van der Waals surface area contributed by atoms with E-state index in [0.29, 0.717) is 17.0 Å². The first-order chi connectivity index (χ1) is 7.70. The fraction of sp³-hybridized carbons (Fsp3) is 0.100. The lowest BCUT2D eigenvalue weighted by atomic mass is 10.2. The molecule has 2 aromatic rings. The molecule has 0 bridgehead atoms. The molecule has 16 heavy (non-hydrogen) atoms. The van der Waals surface area contributed by atoms with Crippen molar-refractivity contribution in [3.8, 4) is 11.4 Å². The van der Waals surface area contributed by atoms with Gasteiger partial charge in [-0.25, -0.2) is 4.79 Å². The Morgan fingerprint density at radius 2 is 2.25 bits per heavy atom. The van der Waals surface area contributed by atoms with Crippen molar-refractivity contribution in [3.63, 3.8) is 0 Å². The Kier molecular flexibility index (Phi) is 2.55. The summed E-state index contributed by atoms with van der Waals surface area (Å²) in [6.45, 7) is 0. The summed E-state index contributed by atoms with van der Waals surface area (Å²) in [5.74, 6) is -0.215. The van der Waals surface area contributed by atoms with E-state index in [4.69, 9.17) is 10.3 Å². The molecule has 6 heteroatoms. The van der Waals surface area contributed by atoms with Crippen LogP contribution in [0.5, 0.6) is 0 Å². The zero-order valence-electron chi connectivity index (χ0n) is 8.51. The lowest BCUT2D eigenvalue weighted by molar-refractivity contribution is 0.0600. The number of anilines is 1. The van der Waals surface area contributed by atoms with Crippen molar-refractivity contribution in [3.05, 3.63) is 30.0 Å². The zero-order valence-corrected chi connectivity index (χ0v) is 8.51. The van der Waals surface area contributed by atoms with E-state index in [1.54, 1.807) is 18.2 Å². The Morgan fingerprint density at radius 1 is 1.44 bits per heavy atom. The van der Waals surface area contributed by atoms with Crippen molar-refractivity contribution < 1.29 is 14.1 Å².